The molecular formula is C12H11ClN2O3S. The van der Waals surface area contributed by atoms with Crippen molar-refractivity contribution in [3.63, 3.8) is 0 Å². The molecule has 5 nitrogen and oxygen atoms in total. The molecule has 0 aliphatic carbocycles. The molecule has 0 saturated heterocycles. The van der Waals surface area contributed by atoms with Gasteiger partial charge in [0.2, 0.25) is 0 Å². The van der Waals surface area contributed by atoms with Gasteiger partial charge in [0, 0.05) is 12.6 Å². The molecule has 0 aliphatic rings. The van der Waals surface area contributed by atoms with E-state index in [4.69, 9.17) is 11.6 Å². The highest BCUT2D eigenvalue weighted by atomic mass is 35.5. The molecule has 0 unspecified atom stereocenters. The molecule has 1 aromatic carbocycles. The number of rotatable bonds is 4. The van der Waals surface area contributed by atoms with Crippen LogP contribution in [0.1, 0.15) is 16.1 Å². The van der Waals surface area contributed by atoms with Gasteiger partial charge in [-0.2, -0.15) is 5.10 Å². The molecule has 0 bridgehead atoms. The fourth-order valence-corrected chi connectivity index (χ4v) is 2.55. The van der Waals surface area contributed by atoms with E-state index in [9.17, 15) is 13.2 Å². The van der Waals surface area contributed by atoms with E-state index in [1.807, 2.05) is 0 Å². The third kappa shape index (κ3) is 3.02. The van der Waals surface area contributed by atoms with Crippen molar-refractivity contribution < 1.29 is 13.2 Å². The smallest absolute Gasteiger partial charge is 0.271 e. The third-order valence-electron chi connectivity index (χ3n) is 2.70. The maximum absolute atomic E-state index is 11.4. The van der Waals surface area contributed by atoms with Gasteiger partial charge in [-0.15, -0.1) is 0 Å². The number of halogens is 1. The summed E-state index contributed by atoms with van der Waals surface area (Å²) in [6.45, 7) is 0. The normalized spacial score (nSPS) is 10.9. The summed E-state index contributed by atoms with van der Waals surface area (Å²) in [5, 5.41) is 3.42. The predicted molar refractivity (Wildman–Crippen MR) is 72.8 cm³/mol. The number of aromatic nitrogens is 2. The van der Waals surface area contributed by atoms with Crippen molar-refractivity contribution in [1.29, 1.82) is 0 Å². The summed E-state index contributed by atoms with van der Waals surface area (Å²) in [7, 11) is -0.810. The molecule has 0 amide bonds. The van der Waals surface area contributed by atoms with Gasteiger partial charge in [0.15, 0.2) is 0 Å². The van der Waals surface area contributed by atoms with Gasteiger partial charge in [0.25, 0.3) is 5.24 Å². The minimum absolute atomic E-state index is 0.00392. The Bertz CT molecular complexity index is 682. The third-order valence-corrected chi connectivity index (χ3v) is 3.50. The second kappa shape index (κ2) is 5.54. The molecule has 100 valence electrons. The van der Waals surface area contributed by atoms with Crippen LogP contribution < -0.4 is 0 Å². The fraction of sp³-hybridized carbons (Fsp3) is 0.167. The number of hydrogen-bond donors (Lipinski definition) is 1. The van der Waals surface area contributed by atoms with Crippen LogP contribution in [-0.4, -0.2) is 23.4 Å². The molecule has 0 atom stereocenters. The predicted octanol–water partition coefficient (Wildman–Crippen LogP) is 1.58. The first-order chi connectivity index (χ1) is 8.99. The van der Waals surface area contributed by atoms with Crippen LogP contribution >= 0.6 is 11.6 Å². The van der Waals surface area contributed by atoms with Crippen molar-refractivity contribution in [1.82, 2.24) is 9.78 Å². The van der Waals surface area contributed by atoms with E-state index in [0.29, 0.717) is 16.8 Å². The van der Waals surface area contributed by atoms with Crippen LogP contribution in [0.2, 0.25) is 0 Å². The van der Waals surface area contributed by atoms with Crippen LogP contribution in [0.4, 0.5) is 0 Å². The van der Waals surface area contributed by atoms with E-state index >= 15 is 0 Å². The molecule has 0 aliphatic heterocycles. The van der Waals surface area contributed by atoms with E-state index in [1.54, 1.807) is 37.5 Å². The second-order valence-corrected chi connectivity index (χ2v) is 5.32. The average molecular weight is 299 g/mol. The number of carbonyl (C=O) groups is 1. The Balaban J connectivity index is 2.40. The summed E-state index contributed by atoms with van der Waals surface area (Å²) in [4.78, 5) is 11.4. The van der Waals surface area contributed by atoms with Crippen molar-refractivity contribution in [2.75, 3.05) is 0 Å². The maximum atomic E-state index is 11.4. The molecule has 7 heteroatoms. The first-order valence-electron chi connectivity index (χ1n) is 5.42. The molecule has 0 N–H and O–H groups in total. The highest BCUT2D eigenvalue weighted by molar-refractivity contribution is 7.71. The standard InChI is InChI=1S/C12H11ClN2O3S/c1-15-11(12(13)16)10(6-14-15)9-4-2-8(3-5-9)7-19(17)18/h2-6,19H,7H2,1H3. The zero-order valence-corrected chi connectivity index (χ0v) is 11.7. The zero-order valence-electron chi connectivity index (χ0n) is 10.0. The van der Waals surface area contributed by atoms with Gasteiger partial charge in [-0.25, -0.2) is 8.42 Å². The Kier molecular flexibility index (Phi) is 4.01. The number of hydrogen-bond acceptors (Lipinski definition) is 4. The van der Waals surface area contributed by atoms with Crippen LogP contribution in [-0.2, 0) is 23.5 Å². The van der Waals surface area contributed by atoms with Crippen LogP contribution in [0.15, 0.2) is 30.5 Å². The molecule has 0 spiro atoms. The highest BCUT2D eigenvalue weighted by Gasteiger charge is 2.15. The minimum atomic E-state index is -2.44. The van der Waals surface area contributed by atoms with E-state index in [0.717, 1.165) is 5.56 Å². The SMILES string of the molecule is Cn1ncc(-c2ccc(C[SH](=O)=O)cc2)c1C(=O)Cl. The van der Waals surface area contributed by atoms with Crippen molar-refractivity contribution in [2.45, 2.75) is 5.75 Å². The highest BCUT2D eigenvalue weighted by Crippen LogP contribution is 2.24. The summed E-state index contributed by atoms with van der Waals surface area (Å²) < 4.78 is 22.7. The largest absolute Gasteiger partial charge is 0.274 e. The van der Waals surface area contributed by atoms with Gasteiger partial charge in [-0.1, -0.05) is 24.3 Å². The Hall–Kier alpha value is -1.66. The fourth-order valence-electron chi connectivity index (χ4n) is 1.82. The first kappa shape index (κ1) is 13.8. The Labute approximate surface area is 116 Å². The number of thiol groups is 1. The quantitative estimate of drug-likeness (QED) is 0.687. The number of carbonyl (C=O) groups excluding carboxylic acids is 1. The summed E-state index contributed by atoms with van der Waals surface area (Å²) in [6.07, 6.45) is 1.55. The number of nitrogens with zero attached hydrogens (tertiary/aromatic N) is 2. The Morgan fingerprint density at radius 1 is 1.32 bits per heavy atom. The van der Waals surface area contributed by atoms with E-state index < -0.39 is 15.9 Å². The molecule has 19 heavy (non-hydrogen) atoms. The van der Waals surface area contributed by atoms with Gasteiger partial charge in [0.05, 0.1) is 11.9 Å². The lowest BCUT2D eigenvalue weighted by molar-refractivity contribution is 0.107. The van der Waals surface area contributed by atoms with Gasteiger partial charge in [0.1, 0.15) is 16.4 Å². The van der Waals surface area contributed by atoms with Crippen molar-refractivity contribution in [3.05, 3.63) is 41.7 Å². The van der Waals surface area contributed by atoms with Crippen LogP contribution in [0.25, 0.3) is 11.1 Å². The molecule has 0 fully saturated rings. The first-order valence-corrected chi connectivity index (χ1v) is 7.16. The van der Waals surface area contributed by atoms with Crippen molar-refractivity contribution >= 4 is 27.5 Å². The monoisotopic (exact) mass is 298 g/mol. The molecule has 2 rings (SSSR count). The Morgan fingerprint density at radius 3 is 2.47 bits per heavy atom. The van der Waals surface area contributed by atoms with E-state index in [1.165, 1.54) is 4.68 Å². The zero-order chi connectivity index (χ0) is 14.0. The van der Waals surface area contributed by atoms with E-state index in [-0.39, 0.29) is 5.75 Å². The van der Waals surface area contributed by atoms with Gasteiger partial charge < -0.3 is 0 Å². The van der Waals surface area contributed by atoms with Crippen LogP contribution in [0, 0.1) is 0 Å². The van der Waals surface area contributed by atoms with Crippen molar-refractivity contribution in [2.24, 2.45) is 7.05 Å². The molecule has 0 radical (unpaired) electrons. The minimum Gasteiger partial charge on any atom is -0.274 e. The summed E-state index contributed by atoms with van der Waals surface area (Å²) in [5.74, 6) is 0.00392. The molecule has 2 aromatic rings. The van der Waals surface area contributed by atoms with Crippen LogP contribution in [0.3, 0.4) is 0 Å². The summed E-state index contributed by atoms with van der Waals surface area (Å²) >= 11 is 5.53. The van der Waals surface area contributed by atoms with E-state index in [2.05, 4.69) is 5.10 Å². The number of benzene rings is 1. The van der Waals surface area contributed by atoms with Crippen LogP contribution in [0.5, 0.6) is 0 Å². The molecule has 0 saturated carbocycles. The maximum Gasteiger partial charge on any atom is 0.271 e. The average Bonchev–Trinajstić information content (AvgIpc) is 2.71. The lowest BCUT2D eigenvalue weighted by atomic mass is 10.1. The lowest BCUT2D eigenvalue weighted by Crippen LogP contribution is -2.02. The topological polar surface area (TPSA) is 69.0 Å². The van der Waals surface area contributed by atoms with Gasteiger partial charge in [-0.3, -0.25) is 9.48 Å². The summed E-state index contributed by atoms with van der Waals surface area (Å²) in [6, 6.07) is 6.90. The Morgan fingerprint density at radius 2 is 1.95 bits per heavy atom. The van der Waals surface area contributed by atoms with Gasteiger partial charge >= 0.3 is 0 Å². The lowest BCUT2D eigenvalue weighted by Gasteiger charge is -2.03. The molecule has 1 aromatic heterocycles. The molecule has 1 heterocycles. The van der Waals surface area contributed by atoms with Gasteiger partial charge in [-0.05, 0) is 22.7 Å². The molecular weight excluding hydrogens is 288 g/mol. The van der Waals surface area contributed by atoms with Crippen molar-refractivity contribution in [3.8, 4) is 11.1 Å². The second-order valence-electron chi connectivity index (χ2n) is 3.99. The number of aryl methyl sites for hydroxylation is 1. The summed E-state index contributed by atoms with van der Waals surface area (Å²) in [5.41, 5.74) is 2.40.